The van der Waals surface area contributed by atoms with Crippen LogP contribution >= 0.6 is 22.9 Å². The molecule has 96 valence electrons. The Morgan fingerprint density at radius 3 is 2.89 bits per heavy atom. The van der Waals surface area contributed by atoms with Crippen LogP contribution in [-0.2, 0) is 13.0 Å². The number of hydrogen-bond acceptors (Lipinski definition) is 7. The Balaban J connectivity index is 2.03. The first-order chi connectivity index (χ1) is 8.71. The van der Waals surface area contributed by atoms with Gasteiger partial charge >= 0.3 is 6.01 Å². The average molecular weight is 286 g/mol. The molecule has 0 aliphatic rings. The fourth-order valence-electron chi connectivity index (χ4n) is 1.25. The summed E-state index contributed by atoms with van der Waals surface area (Å²) in [5.74, 6) is 0.375. The van der Waals surface area contributed by atoms with Crippen LogP contribution in [0.25, 0.3) is 0 Å². The van der Waals surface area contributed by atoms with E-state index >= 15 is 0 Å². The third kappa shape index (κ3) is 3.27. The second-order valence-corrected chi connectivity index (χ2v) is 4.88. The summed E-state index contributed by atoms with van der Waals surface area (Å²) in [5, 5.41) is 4.10. The first-order valence-electron chi connectivity index (χ1n) is 5.34. The quantitative estimate of drug-likeness (QED) is 0.907. The summed E-state index contributed by atoms with van der Waals surface area (Å²) in [6, 6.07) is 0.186. The second-order valence-electron chi connectivity index (χ2n) is 3.34. The van der Waals surface area contributed by atoms with Gasteiger partial charge in [-0.15, -0.1) is 11.3 Å². The number of ether oxygens (including phenoxy) is 1. The SMILES string of the molecule is CCc1cnc(CNc2nc(Cl)nc(OC)n2)s1. The van der Waals surface area contributed by atoms with Gasteiger partial charge in [0.05, 0.1) is 13.7 Å². The molecule has 0 atom stereocenters. The van der Waals surface area contributed by atoms with Crippen molar-refractivity contribution in [3.05, 3.63) is 21.4 Å². The number of hydrogen-bond donors (Lipinski definition) is 1. The van der Waals surface area contributed by atoms with Gasteiger partial charge in [-0.05, 0) is 18.0 Å². The zero-order valence-electron chi connectivity index (χ0n) is 9.97. The lowest BCUT2D eigenvalue weighted by Crippen LogP contribution is -2.05. The van der Waals surface area contributed by atoms with Crippen molar-refractivity contribution in [2.75, 3.05) is 12.4 Å². The molecule has 18 heavy (non-hydrogen) atoms. The fourth-order valence-corrected chi connectivity index (χ4v) is 2.20. The maximum Gasteiger partial charge on any atom is 0.322 e. The minimum Gasteiger partial charge on any atom is -0.467 e. The number of aryl methyl sites for hydroxylation is 1. The topological polar surface area (TPSA) is 72.8 Å². The van der Waals surface area contributed by atoms with E-state index in [1.807, 2.05) is 6.20 Å². The van der Waals surface area contributed by atoms with Gasteiger partial charge in [-0.2, -0.15) is 15.0 Å². The Labute approximate surface area is 113 Å². The highest BCUT2D eigenvalue weighted by Gasteiger charge is 2.06. The van der Waals surface area contributed by atoms with Crippen molar-refractivity contribution in [3.8, 4) is 6.01 Å². The molecule has 2 aromatic heterocycles. The van der Waals surface area contributed by atoms with Crippen LogP contribution in [-0.4, -0.2) is 27.0 Å². The van der Waals surface area contributed by atoms with E-state index < -0.39 is 0 Å². The minimum absolute atomic E-state index is 0.0951. The summed E-state index contributed by atoms with van der Waals surface area (Å²) >= 11 is 7.40. The standard InChI is InChI=1S/C10H12ClN5OS/c1-3-6-4-12-7(18-6)5-13-9-14-8(11)15-10(16-9)17-2/h4H,3,5H2,1-2H3,(H,13,14,15,16). The molecule has 0 aliphatic carbocycles. The largest absolute Gasteiger partial charge is 0.467 e. The molecular formula is C10H12ClN5OS. The van der Waals surface area contributed by atoms with E-state index in [4.69, 9.17) is 16.3 Å². The van der Waals surface area contributed by atoms with Crippen LogP contribution in [0.2, 0.25) is 5.28 Å². The molecule has 6 nitrogen and oxygen atoms in total. The number of rotatable bonds is 5. The van der Waals surface area contributed by atoms with Gasteiger partial charge in [0.2, 0.25) is 11.2 Å². The average Bonchev–Trinajstić information content (AvgIpc) is 2.83. The van der Waals surface area contributed by atoms with E-state index in [1.165, 1.54) is 12.0 Å². The summed E-state index contributed by atoms with van der Waals surface area (Å²) in [5.41, 5.74) is 0. The summed E-state index contributed by atoms with van der Waals surface area (Å²) in [7, 11) is 1.48. The van der Waals surface area contributed by atoms with Gasteiger partial charge in [0.15, 0.2) is 0 Å². The highest BCUT2D eigenvalue weighted by Crippen LogP contribution is 2.15. The summed E-state index contributed by atoms with van der Waals surface area (Å²) in [6.07, 6.45) is 2.87. The third-order valence-corrected chi connectivity index (χ3v) is 3.43. The van der Waals surface area contributed by atoms with Crippen molar-refractivity contribution in [2.45, 2.75) is 19.9 Å². The van der Waals surface area contributed by atoms with Gasteiger partial charge in [-0.25, -0.2) is 4.98 Å². The van der Waals surface area contributed by atoms with Crippen molar-refractivity contribution in [2.24, 2.45) is 0 Å². The van der Waals surface area contributed by atoms with E-state index in [2.05, 4.69) is 32.2 Å². The van der Waals surface area contributed by atoms with E-state index in [1.54, 1.807) is 11.3 Å². The Morgan fingerprint density at radius 1 is 1.39 bits per heavy atom. The highest BCUT2D eigenvalue weighted by molar-refractivity contribution is 7.11. The number of nitrogens with one attached hydrogen (secondary N) is 1. The van der Waals surface area contributed by atoms with Gasteiger partial charge in [0, 0.05) is 11.1 Å². The van der Waals surface area contributed by atoms with Crippen molar-refractivity contribution in [1.82, 2.24) is 19.9 Å². The van der Waals surface area contributed by atoms with E-state index in [0.29, 0.717) is 12.5 Å². The lowest BCUT2D eigenvalue weighted by molar-refractivity contribution is 0.379. The monoisotopic (exact) mass is 285 g/mol. The van der Waals surface area contributed by atoms with Crippen molar-refractivity contribution in [1.29, 1.82) is 0 Å². The molecule has 2 heterocycles. The molecule has 0 bridgehead atoms. The van der Waals surface area contributed by atoms with Crippen molar-refractivity contribution < 1.29 is 4.74 Å². The normalized spacial score (nSPS) is 10.4. The number of anilines is 1. The van der Waals surface area contributed by atoms with Crippen LogP contribution in [0.5, 0.6) is 6.01 Å². The zero-order chi connectivity index (χ0) is 13.0. The lowest BCUT2D eigenvalue weighted by atomic mass is 10.4. The molecule has 0 amide bonds. The first-order valence-corrected chi connectivity index (χ1v) is 6.53. The second kappa shape index (κ2) is 5.92. The smallest absolute Gasteiger partial charge is 0.322 e. The Morgan fingerprint density at radius 2 is 2.22 bits per heavy atom. The van der Waals surface area contributed by atoms with Gasteiger partial charge in [-0.1, -0.05) is 6.92 Å². The van der Waals surface area contributed by atoms with Crippen LogP contribution in [0.1, 0.15) is 16.8 Å². The Hall–Kier alpha value is -1.47. The molecule has 0 saturated heterocycles. The van der Waals surface area contributed by atoms with Gasteiger partial charge in [0.25, 0.3) is 0 Å². The first kappa shape index (κ1) is 13.0. The number of thiazole rings is 1. The molecule has 0 fully saturated rings. The predicted octanol–water partition coefficient (Wildman–Crippen LogP) is 2.16. The predicted molar refractivity (Wildman–Crippen MR) is 70.2 cm³/mol. The molecule has 0 saturated carbocycles. The molecule has 2 aromatic rings. The molecule has 0 unspecified atom stereocenters. The summed E-state index contributed by atoms with van der Waals surface area (Å²) in [6.45, 7) is 2.65. The number of halogens is 1. The van der Waals surface area contributed by atoms with E-state index in [-0.39, 0.29) is 11.3 Å². The van der Waals surface area contributed by atoms with Gasteiger partial charge in [-0.3, -0.25) is 0 Å². The Bertz CT molecular complexity index is 533. The third-order valence-electron chi connectivity index (χ3n) is 2.12. The Kier molecular flexibility index (Phi) is 4.27. The van der Waals surface area contributed by atoms with Crippen molar-refractivity contribution >= 4 is 28.9 Å². The molecule has 1 N–H and O–H groups in total. The van der Waals surface area contributed by atoms with Crippen LogP contribution in [0.4, 0.5) is 5.95 Å². The summed E-state index contributed by atoms with van der Waals surface area (Å²) in [4.78, 5) is 17.3. The molecule has 8 heteroatoms. The van der Waals surface area contributed by atoms with Crippen LogP contribution in [0.3, 0.4) is 0 Å². The molecule has 0 radical (unpaired) electrons. The fraction of sp³-hybridized carbons (Fsp3) is 0.400. The van der Waals surface area contributed by atoms with Crippen LogP contribution in [0, 0.1) is 0 Å². The molecule has 0 spiro atoms. The van der Waals surface area contributed by atoms with Crippen LogP contribution in [0.15, 0.2) is 6.20 Å². The number of aromatic nitrogens is 4. The van der Waals surface area contributed by atoms with E-state index in [0.717, 1.165) is 11.4 Å². The van der Waals surface area contributed by atoms with Gasteiger partial charge in [0.1, 0.15) is 5.01 Å². The molecule has 0 aliphatic heterocycles. The lowest BCUT2D eigenvalue weighted by Gasteiger charge is -2.04. The zero-order valence-corrected chi connectivity index (χ0v) is 11.5. The van der Waals surface area contributed by atoms with Gasteiger partial charge < -0.3 is 10.1 Å². The number of methoxy groups -OCH3 is 1. The van der Waals surface area contributed by atoms with Crippen LogP contribution < -0.4 is 10.1 Å². The van der Waals surface area contributed by atoms with Crippen molar-refractivity contribution in [3.63, 3.8) is 0 Å². The maximum absolute atomic E-state index is 5.74. The highest BCUT2D eigenvalue weighted by atomic mass is 35.5. The van der Waals surface area contributed by atoms with E-state index in [9.17, 15) is 0 Å². The molecule has 0 aromatic carbocycles. The molecular weight excluding hydrogens is 274 g/mol. The number of nitrogens with zero attached hydrogens (tertiary/aromatic N) is 4. The maximum atomic E-state index is 5.74. The molecule has 2 rings (SSSR count). The minimum atomic E-state index is 0.0951. The summed E-state index contributed by atoms with van der Waals surface area (Å²) < 4.78 is 4.91.